The molecule has 3 amide bonds. The number of hydrogen-bond donors (Lipinski definition) is 3. The molecule has 70 heavy (non-hydrogen) atoms. The van der Waals surface area contributed by atoms with E-state index in [-0.39, 0.29) is 30.0 Å². The van der Waals surface area contributed by atoms with Gasteiger partial charge in [-0.3, -0.25) is 29.7 Å². The highest BCUT2D eigenvalue weighted by Crippen LogP contribution is 2.38. The minimum Gasteiger partial charge on any atom is -0.489 e. The highest BCUT2D eigenvalue weighted by molar-refractivity contribution is 7.22. The van der Waals surface area contributed by atoms with E-state index in [2.05, 4.69) is 54.7 Å². The van der Waals surface area contributed by atoms with Crippen molar-refractivity contribution in [1.82, 2.24) is 30.0 Å². The Bertz CT molecular complexity index is 3120. The van der Waals surface area contributed by atoms with Crippen LogP contribution in [-0.2, 0) is 36.2 Å². The van der Waals surface area contributed by atoms with Crippen LogP contribution in [0.4, 0.5) is 16.6 Å². The quantitative estimate of drug-likeness (QED) is 0.100. The molecule has 3 fully saturated rings. The third kappa shape index (κ3) is 9.20. The molecule has 358 valence electrons. The largest absolute Gasteiger partial charge is 0.489 e. The van der Waals surface area contributed by atoms with E-state index >= 15 is 0 Å². The van der Waals surface area contributed by atoms with Crippen molar-refractivity contribution in [2.45, 2.75) is 69.9 Å². The van der Waals surface area contributed by atoms with Crippen LogP contribution in [0.3, 0.4) is 0 Å². The molecule has 4 aliphatic rings. The lowest BCUT2D eigenvalue weighted by Crippen LogP contribution is -2.41. The van der Waals surface area contributed by atoms with Crippen molar-refractivity contribution in [3.63, 3.8) is 0 Å². The first kappa shape index (κ1) is 45.3. The minimum absolute atomic E-state index is 0.0502. The van der Waals surface area contributed by atoms with Gasteiger partial charge in [0.05, 0.1) is 33.0 Å². The number of hydrogen-bond acceptors (Lipinski definition) is 12. The minimum atomic E-state index is -1.12. The summed E-state index contributed by atoms with van der Waals surface area (Å²) in [4.78, 5) is 67.1. The number of carbonyl (C=O) groups excluding carboxylic acids is 3. The van der Waals surface area contributed by atoms with Crippen molar-refractivity contribution in [3.8, 4) is 5.75 Å². The number of benzene rings is 4. The van der Waals surface area contributed by atoms with Gasteiger partial charge in [0.25, 0.3) is 5.91 Å². The van der Waals surface area contributed by atoms with Gasteiger partial charge in [-0.15, -0.1) is 0 Å². The van der Waals surface area contributed by atoms with Crippen molar-refractivity contribution in [2.24, 2.45) is 13.0 Å². The third-order valence-corrected chi connectivity index (χ3v) is 15.7. The molecule has 16 heteroatoms. The summed E-state index contributed by atoms with van der Waals surface area (Å²) < 4.78 is 9.17. The Morgan fingerprint density at radius 2 is 1.66 bits per heavy atom. The summed E-state index contributed by atoms with van der Waals surface area (Å²) in [5, 5.41) is 22.1. The molecule has 0 saturated carbocycles. The van der Waals surface area contributed by atoms with Gasteiger partial charge in [-0.05, 0) is 129 Å². The van der Waals surface area contributed by atoms with Crippen LogP contribution in [0, 0.1) is 5.92 Å². The maximum absolute atomic E-state index is 13.6. The number of anilines is 3. The Balaban J connectivity index is 0.676. The van der Waals surface area contributed by atoms with E-state index < -0.39 is 11.9 Å². The normalized spacial score (nSPS) is 18.3. The molecule has 1 atom stereocenters. The lowest BCUT2D eigenvalue weighted by atomic mass is 9.88. The number of ether oxygens (including phenoxy) is 1. The number of likely N-dealkylation sites (tertiary alicyclic amines) is 1. The molecule has 11 rings (SSSR count). The Morgan fingerprint density at radius 3 is 2.47 bits per heavy atom. The number of nitrogens with zero attached hydrogens (tertiary/aromatic N) is 7. The molecule has 4 aliphatic heterocycles. The SMILES string of the molecule is Cn1nc(C2CCC(=O)NC2=O)c2cccc(N3CCC(CN4CCC(c5cccc(OCc6ccc(N7CCc8cccc(C(=O)Nc9nc%10ccccc%10s9)c8C7)nc6C(=O)O)c5)CC4)CC3)c21. The zero-order valence-corrected chi connectivity index (χ0v) is 39.9. The van der Waals surface area contributed by atoms with Crippen LogP contribution >= 0.6 is 11.3 Å². The molecule has 0 radical (unpaired) electrons. The second kappa shape index (κ2) is 19.3. The van der Waals surface area contributed by atoms with Gasteiger partial charge in [-0.2, -0.15) is 5.10 Å². The molecule has 3 aromatic heterocycles. The lowest BCUT2D eigenvalue weighted by Gasteiger charge is -2.38. The number of thiazole rings is 1. The van der Waals surface area contributed by atoms with Crippen molar-refractivity contribution in [3.05, 3.63) is 136 Å². The monoisotopic (exact) mass is 957 g/mol. The highest BCUT2D eigenvalue weighted by Gasteiger charge is 2.33. The number of carboxylic acids is 1. The van der Waals surface area contributed by atoms with Crippen LogP contribution in [0.5, 0.6) is 5.75 Å². The molecule has 3 N–H and O–H groups in total. The molecular weight excluding hydrogens is 903 g/mol. The summed E-state index contributed by atoms with van der Waals surface area (Å²) in [5.74, 6) is 0.0122. The number of carbonyl (C=O) groups is 4. The van der Waals surface area contributed by atoms with Crippen molar-refractivity contribution >= 4 is 72.8 Å². The topological polar surface area (TPSA) is 175 Å². The number of aryl methyl sites for hydroxylation is 1. The average Bonchev–Trinajstić information content (AvgIpc) is 3.95. The first-order chi connectivity index (χ1) is 34.1. The zero-order valence-electron chi connectivity index (χ0n) is 39.1. The van der Waals surface area contributed by atoms with Crippen molar-refractivity contribution in [1.29, 1.82) is 0 Å². The fraction of sp³-hybridized carbons (Fsp3) is 0.352. The van der Waals surface area contributed by atoms with E-state index in [4.69, 9.17) is 9.84 Å². The standard InChI is InChI=1S/C54H55N9O6S/c1-60-50-40(49(59-60)41-16-18-47(64)57-52(41)66)11-6-13-44(50)62-26-19-33(20-27-62)30-61-24-21-34(22-25-61)36-8-4-9-38(29-36)69-32-37-15-17-46(56-48(37)53(67)68)63-28-23-35-7-5-10-39(42(35)31-63)51(65)58-54-55-43-12-2-3-14-45(43)70-54/h2-15,17,29,33-34,41H,16,18-28,30-32H2,1H3,(H,67,68)(H,55,58,65)(H,57,64,66). The molecule has 7 aromatic rings. The predicted molar refractivity (Wildman–Crippen MR) is 270 cm³/mol. The van der Waals surface area contributed by atoms with E-state index in [1.54, 1.807) is 6.07 Å². The summed E-state index contributed by atoms with van der Waals surface area (Å²) in [7, 11) is 1.94. The number of piperidine rings is 3. The van der Waals surface area contributed by atoms with Gasteiger partial charge in [0.2, 0.25) is 11.8 Å². The third-order valence-electron chi connectivity index (χ3n) is 14.7. The van der Waals surface area contributed by atoms with Crippen LogP contribution in [0.1, 0.15) is 99.2 Å². The van der Waals surface area contributed by atoms with E-state index in [1.165, 1.54) is 16.9 Å². The number of fused-ring (bicyclic) bond motifs is 3. The Kier molecular flexibility index (Phi) is 12.5. The average molecular weight is 958 g/mol. The van der Waals surface area contributed by atoms with E-state index in [0.29, 0.717) is 72.0 Å². The van der Waals surface area contributed by atoms with Crippen LogP contribution in [-0.4, -0.2) is 92.7 Å². The number of aromatic carboxylic acids is 1. The van der Waals surface area contributed by atoms with E-state index in [0.717, 1.165) is 102 Å². The number of imide groups is 1. The molecule has 1 unspecified atom stereocenters. The Morgan fingerprint density at radius 1 is 0.843 bits per heavy atom. The van der Waals surface area contributed by atoms with Gasteiger partial charge in [0, 0.05) is 62.7 Å². The fourth-order valence-corrected chi connectivity index (χ4v) is 11.9. The van der Waals surface area contributed by atoms with Gasteiger partial charge in [-0.25, -0.2) is 14.8 Å². The molecular formula is C54H55N9O6S. The number of nitrogens with one attached hydrogen (secondary N) is 2. The summed E-state index contributed by atoms with van der Waals surface area (Å²) in [5.41, 5.74) is 7.98. The number of para-hydroxylation sites is 2. The van der Waals surface area contributed by atoms with E-state index in [9.17, 15) is 24.3 Å². The van der Waals surface area contributed by atoms with Crippen LogP contribution in [0.2, 0.25) is 0 Å². The Labute approximate surface area is 409 Å². The van der Waals surface area contributed by atoms with Crippen molar-refractivity contribution < 1.29 is 29.0 Å². The molecule has 0 aliphatic carbocycles. The zero-order chi connectivity index (χ0) is 47.9. The number of amides is 3. The van der Waals surface area contributed by atoms with Gasteiger partial charge in [-0.1, -0.05) is 59.9 Å². The van der Waals surface area contributed by atoms with Gasteiger partial charge in [0.15, 0.2) is 10.8 Å². The molecule has 15 nitrogen and oxygen atoms in total. The van der Waals surface area contributed by atoms with Crippen LogP contribution in [0.25, 0.3) is 21.1 Å². The highest BCUT2D eigenvalue weighted by atomic mass is 32.1. The lowest BCUT2D eigenvalue weighted by molar-refractivity contribution is -0.134. The molecule has 3 saturated heterocycles. The number of pyridine rings is 1. The second-order valence-electron chi connectivity index (χ2n) is 19.1. The summed E-state index contributed by atoms with van der Waals surface area (Å²) in [6.07, 6.45) is 5.83. The number of carboxylic acid groups (broad SMARTS) is 1. The second-order valence-corrected chi connectivity index (χ2v) is 20.1. The molecule has 0 bridgehead atoms. The molecule has 7 heterocycles. The van der Waals surface area contributed by atoms with Gasteiger partial charge >= 0.3 is 5.97 Å². The summed E-state index contributed by atoms with van der Waals surface area (Å²) in [6, 6.07) is 31.7. The van der Waals surface area contributed by atoms with Gasteiger partial charge < -0.3 is 24.5 Å². The smallest absolute Gasteiger partial charge is 0.354 e. The van der Waals surface area contributed by atoms with Crippen LogP contribution in [0.15, 0.2) is 97.1 Å². The predicted octanol–water partition coefficient (Wildman–Crippen LogP) is 8.29. The summed E-state index contributed by atoms with van der Waals surface area (Å²) >= 11 is 1.43. The first-order valence-electron chi connectivity index (χ1n) is 24.4. The number of rotatable bonds is 12. The molecule has 0 spiro atoms. The van der Waals surface area contributed by atoms with E-state index in [1.807, 2.05) is 83.4 Å². The molecule has 4 aromatic carbocycles. The van der Waals surface area contributed by atoms with Gasteiger partial charge in [0.1, 0.15) is 18.2 Å². The van der Waals surface area contributed by atoms with Crippen LogP contribution < -0.4 is 25.2 Å². The maximum Gasteiger partial charge on any atom is 0.354 e. The Hall–Kier alpha value is -7.17. The number of aromatic nitrogens is 4. The van der Waals surface area contributed by atoms with Crippen molar-refractivity contribution in [2.75, 3.05) is 54.4 Å². The maximum atomic E-state index is 13.6. The first-order valence-corrected chi connectivity index (χ1v) is 25.2. The fourth-order valence-electron chi connectivity index (χ4n) is 11.0. The summed E-state index contributed by atoms with van der Waals surface area (Å²) in [6.45, 7) is 6.19.